The van der Waals surface area contributed by atoms with Gasteiger partial charge in [-0.25, -0.2) is 0 Å². The SMILES string of the molecule is CO[C@H](c1ccc(NC2CCCCC2N)cc1)[C@@H](CF)N=[N+]=[N-]. The molecule has 0 aliphatic heterocycles. The van der Waals surface area contributed by atoms with Gasteiger partial charge in [-0.3, -0.25) is 4.39 Å². The number of nitrogens with zero attached hydrogens (tertiary/aromatic N) is 3. The van der Waals surface area contributed by atoms with Crippen LogP contribution in [0, 0.1) is 0 Å². The van der Waals surface area contributed by atoms with Gasteiger partial charge < -0.3 is 15.8 Å². The number of halogens is 1. The van der Waals surface area contributed by atoms with Gasteiger partial charge >= 0.3 is 0 Å². The number of azide groups is 1. The van der Waals surface area contributed by atoms with Crippen LogP contribution in [0.2, 0.25) is 0 Å². The summed E-state index contributed by atoms with van der Waals surface area (Å²) in [6.45, 7) is -0.764. The van der Waals surface area contributed by atoms with Crippen molar-refractivity contribution in [1.29, 1.82) is 0 Å². The first kappa shape index (κ1) is 17.5. The normalized spacial score (nSPS) is 23.6. The van der Waals surface area contributed by atoms with Gasteiger partial charge in [0.05, 0.1) is 12.1 Å². The van der Waals surface area contributed by atoms with E-state index >= 15 is 0 Å². The Hall–Kier alpha value is -1.82. The van der Waals surface area contributed by atoms with Crippen LogP contribution >= 0.6 is 0 Å². The second-order valence-corrected chi connectivity index (χ2v) is 5.90. The molecule has 0 heterocycles. The van der Waals surface area contributed by atoms with E-state index in [1.54, 1.807) is 0 Å². The van der Waals surface area contributed by atoms with E-state index in [0.717, 1.165) is 24.1 Å². The van der Waals surface area contributed by atoms with Crippen LogP contribution in [0.4, 0.5) is 10.1 Å². The highest BCUT2D eigenvalue weighted by molar-refractivity contribution is 5.46. The van der Waals surface area contributed by atoms with Gasteiger partial charge in [0, 0.05) is 29.8 Å². The van der Waals surface area contributed by atoms with E-state index in [1.807, 2.05) is 24.3 Å². The van der Waals surface area contributed by atoms with E-state index in [0.29, 0.717) is 0 Å². The van der Waals surface area contributed by atoms with Crippen molar-refractivity contribution in [2.24, 2.45) is 10.8 Å². The van der Waals surface area contributed by atoms with Gasteiger partial charge in [0.1, 0.15) is 6.67 Å². The number of nitrogens with one attached hydrogen (secondary N) is 1. The van der Waals surface area contributed by atoms with Gasteiger partial charge in [-0.05, 0) is 36.1 Å². The molecule has 0 bridgehead atoms. The summed E-state index contributed by atoms with van der Waals surface area (Å²) in [6.07, 6.45) is 3.91. The summed E-state index contributed by atoms with van der Waals surface area (Å²) in [5.41, 5.74) is 16.4. The summed E-state index contributed by atoms with van der Waals surface area (Å²) in [7, 11) is 1.48. The fourth-order valence-electron chi connectivity index (χ4n) is 3.08. The summed E-state index contributed by atoms with van der Waals surface area (Å²) >= 11 is 0. The maximum atomic E-state index is 13.0. The van der Waals surface area contributed by atoms with Crippen LogP contribution in [0.25, 0.3) is 10.4 Å². The number of benzene rings is 1. The molecule has 3 N–H and O–H groups in total. The lowest BCUT2D eigenvalue weighted by atomic mass is 9.91. The smallest absolute Gasteiger partial charge is 0.101 e. The summed E-state index contributed by atoms with van der Waals surface area (Å²) in [5, 5.41) is 6.93. The molecule has 126 valence electrons. The molecule has 0 amide bonds. The Balaban J connectivity index is 2.06. The van der Waals surface area contributed by atoms with Crippen LogP contribution < -0.4 is 11.1 Å². The van der Waals surface area contributed by atoms with Gasteiger partial charge in [-0.1, -0.05) is 30.1 Å². The number of anilines is 1. The molecule has 6 nitrogen and oxygen atoms in total. The molecule has 1 fully saturated rings. The highest BCUT2D eigenvalue weighted by Gasteiger charge is 2.23. The third-order valence-corrected chi connectivity index (χ3v) is 4.37. The van der Waals surface area contributed by atoms with Crippen LogP contribution in [0.15, 0.2) is 29.4 Å². The Labute approximate surface area is 135 Å². The average Bonchev–Trinajstić information content (AvgIpc) is 2.58. The molecule has 2 rings (SSSR count). The predicted molar refractivity (Wildman–Crippen MR) is 89.0 cm³/mol. The van der Waals surface area contributed by atoms with E-state index in [-0.39, 0.29) is 12.1 Å². The molecule has 0 saturated heterocycles. The van der Waals surface area contributed by atoms with Crippen LogP contribution in [0.3, 0.4) is 0 Å². The maximum absolute atomic E-state index is 13.0. The first-order valence-electron chi connectivity index (χ1n) is 7.94. The lowest BCUT2D eigenvalue weighted by Gasteiger charge is -2.30. The largest absolute Gasteiger partial charge is 0.381 e. The van der Waals surface area contributed by atoms with E-state index in [4.69, 9.17) is 16.0 Å². The molecular weight excluding hydrogens is 297 g/mol. The highest BCUT2D eigenvalue weighted by atomic mass is 19.1. The van der Waals surface area contributed by atoms with Crippen molar-refractivity contribution in [3.8, 4) is 0 Å². The molecular formula is C16H24FN5O. The number of methoxy groups -OCH3 is 1. The zero-order valence-corrected chi connectivity index (χ0v) is 13.4. The summed E-state index contributed by atoms with van der Waals surface area (Å²) in [4.78, 5) is 2.68. The van der Waals surface area contributed by atoms with E-state index in [1.165, 1.54) is 20.0 Å². The molecule has 1 saturated carbocycles. The minimum atomic E-state index is -0.865. The third-order valence-electron chi connectivity index (χ3n) is 4.37. The van der Waals surface area contributed by atoms with Crippen LogP contribution in [0.5, 0.6) is 0 Å². The zero-order valence-electron chi connectivity index (χ0n) is 13.4. The number of rotatable bonds is 7. The van der Waals surface area contributed by atoms with Crippen molar-refractivity contribution in [1.82, 2.24) is 0 Å². The summed E-state index contributed by atoms with van der Waals surface area (Å²) in [6, 6.07) is 7.17. The van der Waals surface area contributed by atoms with Crippen molar-refractivity contribution in [3.63, 3.8) is 0 Å². The molecule has 1 aromatic rings. The maximum Gasteiger partial charge on any atom is 0.101 e. The predicted octanol–water partition coefficient (Wildman–Crippen LogP) is 3.70. The second-order valence-electron chi connectivity index (χ2n) is 5.90. The molecule has 23 heavy (non-hydrogen) atoms. The minimum Gasteiger partial charge on any atom is -0.381 e. The molecule has 2 unspecified atom stereocenters. The van der Waals surface area contributed by atoms with E-state index < -0.39 is 18.8 Å². The molecule has 0 spiro atoms. The topological polar surface area (TPSA) is 96.0 Å². The fraction of sp³-hybridized carbons (Fsp3) is 0.625. The lowest BCUT2D eigenvalue weighted by Crippen LogP contribution is -2.42. The standard InChI is InChI=1S/C16H24FN5O/c1-23-16(15(10-17)21-22-19)11-6-8-12(9-7-11)20-14-5-3-2-4-13(14)18/h6-9,13-16,20H,2-5,10,18H2,1H3/t13?,14?,15-,16-/m1/s1. The Morgan fingerprint density at radius 3 is 2.65 bits per heavy atom. The quantitative estimate of drug-likeness (QED) is 0.455. The molecule has 1 aromatic carbocycles. The zero-order chi connectivity index (χ0) is 16.7. The first-order chi connectivity index (χ1) is 11.2. The van der Waals surface area contributed by atoms with Crippen LogP contribution in [-0.2, 0) is 4.74 Å². The summed E-state index contributed by atoms with van der Waals surface area (Å²) in [5.74, 6) is 0. The molecule has 1 aliphatic rings. The molecule has 4 atom stereocenters. The summed E-state index contributed by atoms with van der Waals surface area (Å²) < 4.78 is 18.3. The number of nitrogens with two attached hydrogens (primary N) is 1. The van der Waals surface area contributed by atoms with E-state index in [2.05, 4.69) is 15.3 Å². The lowest BCUT2D eigenvalue weighted by molar-refractivity contribution is 0.0722. The van der Waals surface area contributed by atoms with Crippen molar-refractivity contribution in [2.75, 3.05) is 19.1 Å². The van der Waals surface area contributed by atoms with Crippen molar-refractivity contribution in [2.45, 2.75) is 49.9 Å². The van der Waals surface area contributed by atoms with Gasteiger partial charge in [0.25, 0.3) is 0 Å². The van der Waals surface area contributed by atoms with Crippen LogP contribution in [0.1, 0.15) is 37.4 Å². The van der Waals surface area contributed by atoms with Gasteiger partial charge in [0.15, 0.2) is 0 Å². The van der Waals surface area contributed by atoms with Crippen molar-refractivity contribution < 1.29 is 9.13 Å². The Morgan fingerprint density at radius 2 is 2.09 bits per heavy atom. The number of hydrogen-bond acceptors (Lipinski definition) is 4. The Bertz CT molecular complexity index is 532. The average molecular weight is 321 g/mol. The number of hydrogen-bond donors (Lipinski definition) is 2. The molecule has 0 radical (unpaired) electrons. The second kappa shape index (κ2) is 8.72. The van der Waals surface area contributed by atoms with Crippen molar-refractivity contribution in [3.05, 3.63) is 40.3 Å². The Kier molecular flexibility index (Phi) is 6.65. The molecule has 0 aromatic heterocycles. The third kappa shape index (κ3) is 4.58. The van der Waals surface area contributed by atoms with Gasteiger partial charge in [0.2, 0.25) is 0 Å². The molecule has 7 heteroatoms. The monoisotopic (exact) mass is 321 g/mol. The minimum absolute atomic E-state index is 0.177. The van der Waals surface area contributed by atoms with E-state index in [9.17, 15) is 4.39 Å². The first-order valence-corrected chi connectivity index (χ1v) is 7.94. The van der Waals surface area contributed by atoms with Crippen molar-refractivity contribution >= 4 is 5.69 Å². The van der Waals surface area contributed by atoms with Gasteiger partial charge in [-0.2, -0.15) is 0 Å². The van der Waals surface area contributed by atoms with Gasteiger partial charge in [-0.15, -0.1) is 0 Å². The number of alkyl halides is 1. The highest BCUT2D eigenvalue weighted by Crippen LogP contribution is 2.26. The molecule has 1 aliphatic carbocycles. The number of ether oxygens (including phenoxy) is 1. The fourth-order valence-corrected chi connectivity index (χ4v) is 3.08. The van der Waals surface area contributed by atoms with Crippen LogP contribution in [-0.4, -0.2) is 31.9 Å². The Morgan fingerprint density at radius 1 is 1.39 bits per heavy atom.